The second-order valence-corrected chi connectivity index (χ2v) is 6.63. The minimum Gasteiger partial charge on any atom is -0.487 e. The van der Waals surface area contributed by atoms with Gasteiger partial charge in [0.15, 0.2) is 0 Å². The van der Waals surface area contributed by atoms with Crippen molar-refractivity contribution in [3.8, 4) is 5.75 Å². The molecule has 0 fully saturated rings. The molecule has 0 saturated carbocycles. The van der Waals surface area contributed by atoms with E-state index >= 15 is 0 Å². The fourth-order valence-electron chi connectivity index (χ4n) is 2.74. The van der Waals surface area contributed by atoms with E-state index in [-0.39, 0.29) is 5.91 Å². The van der Waals surface area contributed by atoms with Gasteiger partial charge in [0.05, 0.1) is 11.2 Å². The Labute approximate surface area is 146 Å². The van der Waals surface area contributed by atoms with Crippen molar-refractivity contribution < 1.29 is 9.53 Å². The van der Waals surface area contributed by atoms with Gasteiger partial charge in [0, 0.05) is 17.5 Å². The number of nitrogens with one attached hydrogen (secondary N) is 1. The van der Waals surface area contributed by atoms with Gasteiger partial charge in [0.2, 0.25) is 0 Å². The SMILES string of the molecule is O=C(NCCC1=CCCCC1)c1ccc(OCc2cscn2)cc1. The maximum absolute atomic E-state index is 12.2. The van der Waals surface area contributed by atoms with Gasteiger partial charge in [-0.25, -0.2) is 4.98 Å². The van der Waals surface area contributed by atoms with Crippen molar-refractivity contribution >= 4 is 17.2 Å². The summed E-state index contributed by atoms with van der Waals surface area (Å²) in [4.78, 5) is 16.3. The number of hydrogen-bond acceptors (Lipinski definition) is 4. The molecule has 24 heavy (non-hydrogen) atoms. The van der Waals surface area contributed by atoms with Crippen LogP contribution in [-0.2, 0) is 6.61 Å². The number of amides is 1. The van der Waals surface area contributed by atoms with Crippen LogP contribution in [0, 0.1) is 0 Å². The summed E-state index contributed by atoms with van der Waals surface area (Å²) >= 11 is 1.55. The fourth-order valence-corrected chi connectivity index (χ4v) is 3.28. The van der Waals surface area contributed by atoms with Crippen LogP contribution in [-0.4, -0.2) is 17.4 Å². The standard InChI is InChI=1S/C19H22N2O2S/c22-19(20-11-10-15-4-2-1-3-5-15)16-6-8-18(9-7-16)23-12-17-13-24-14-21-17/h4,6-9,13-14H,1-3,5,10-12H2,(H,20,22). The highest BCUT2D eigenvalue weighted by Gasteiger charge is 2.07. The van der Waals surface area contributed by atoms with E-state index in [1.54, 1.807) is 29.0 Å². The molecule has 0 saturated heterocycles. The molecular formula is C19H22N2O2S. The monoisotopic (exact) mass is 342 g/mol. The summed E-state index contributed by atoms with van der Waals surface area (Å²) in [6, 6.07) is 7.24. The molecule has 1 heterocycles. The van der Waals surface area contributed by atoms with E-state index in [0.29, 0.717) is 18.7 Å². The molecule has 1 aliphatic carbocycles. The minimum atomic E-state index is -0.0301. The average molecular weight is 342 g/mol. The molecule has 1 aromatic heterocycles. The second-order valence-electron chi connectivity index (χ2n) is 5.91. The van der Waals surface area contributed by atoms with E-state index in [2.05, 4.69) is 16.4 Å². The fraction of sp³-hybridized carbons (Fsp3) is 0.368. The highest BCUT2D eigenvalue weighted by Crippen LogP contribution is 2.19. The van der Waals surface area contributed by atoms with Crippen LogP contribution < -0.4 is 10.1 Å². The number of nitrogens with zero attached hydrogens (tertiary/aromatic N) is 1. The predicted octanol–water partition coefficient (Wildman–Crippen LogP) is 4.34. The molecule has 1 aliphatic rings. The number of ether oxygens (including phenoxy) is 1. The molecule has 2 aromatic rings. The second kappa shape index (κ2) is 8.64. The molecule has 1 aromatic carbocycles. The highest BCUT2D eigenvalue weighted by molar-refractivity contribution is 7.07. The maximum Gasteiger partial charge on any atom is 0.251 e. The first-order valence-corrected chi connectivity index (χ1v) is 9.31. The van der Waals surface area contributed by atoms with Crippen LogP contribution in [0.4, 0.5) is 0 Å². The van der Waals surface area contributed by atoms with Crippen molar-refractivity contribution in [2.75, 3.05) is 6.54 Å². The Kier molecular flexibility index (Phi) is 6.01. The summed E-state index contributed by atoms with van der Waals surface area (Å²) in [5.74, 6) is 0.712. The lowest BCUT2D eigenvalue weighted by Crippen LogP contribution is -2.24. The molecule has 3 rings (SSSR count). The molecule has 5 heteroatoms. The van der Waals surface area contributed by atoms with Crippen molar-refractivity contribution in [1.82, 2.24) is 10.3 Å². The summed E-state index contributed by atoms with van der Waals surface area (Å²) in [7, 11) is 0. The van der Waals surface area contributed by atoms with Crippen LogP contribution in [0.15, 0.2) is 46.8 Å². The Morgan fingerprint density at radius 2 is 2.12 bits per heavy atom. The lowest BCUT2D eigenvalue weighted by Gasteiger charge is -2.13. The van der Waals surface area contributed by atoms with Crippen LogP contribution in [0.5, 0.6) is 5.75 Å². The quantitative estimate of drug-likeness (QED) is 0.761. The van der Waals surface area contributed by atoms with Crippen molar-refractivity contribution in [1.29, 1.82) is 0 Å². The van der Waals surface area contributed by atoms with Gasteiger partial charge in [-0.05, 0) is 56.4 Å². The van der Waals surface area contributed by atoms with E-state index in [4.69, 9.17) is 4.74 Å². The molecule has 1 amide bonds. The predicted molar refractivity (Wildman–Crippen MR) is 96.4 cm³/mol. The van der Waals surface area contributed by atoms with Crippen molar-refractivity contribution in [3.05, 3.63) is 58.1 Å². The van der Waals surface area contributed by atoms with Crippen LogP contribution in [0.2, 0.25) is 0 Å². The first kappa shape index (κ1) is 16.7. The van der Waals surface area contributed by atoms with Gasteiger partial charge < -0.3 is 10.1 Å². The molecule has 0 bridgehead atoms. The Bertz CT molecular complexity index is 678. The van der Waals surface area contributed by atoms with E-state index in [0.717, 1.165) is 17.9 Å². The van der Waals surface area contributed by atoms with Gasteiger partial charge in [-0.2, -0.15) is 0 Å². The van der Waals surface area contributed by atoms with Crippen LogP contribution in [0.1, 0.15) is 48.2 Å². The maximum atomic E-state index is 12.2. The number of thiazole rings is 1. The minimum absolute atomic E-state index is 0.0301. The highest BCUT2D eigenvalue weighted by atomic mass is 32.1. The zero-order valence-corrected chi connectivity index (χ0v) is 14.5. The molecule has 4 nitrogen and oxygen atoms in total. The summed E-state index contributed by atoms with van der Waals surface area (Å²) in [5, 5.41) is 4.95. The largest absolute Gasteiger partial charge is 0.487 e. The van der Waals surface area contributed by atoms with Gasteiger partial charge in [0.1, 0.15) is 12.4 Å². The molecule has 126 valence electrons. The Morgan fingerprint density at radius 1 is 1.25 bits per heavy atom. The third kappa shape index (κ3) is 4.93. The Hall–Kier alpha value is -2.14. The number of benzene rings is 1. The lowest BCUT2D eigenvalue weighted by molar-refractivity contribution is 0.0954. The molecule has 1 N–H and O–H groups in total. The Morgan fingerprint density at radius 3 is 2.83 bits per heavy atom. The van der Waals surface area contributed by atoms with E-state index < -0.39 is 0 Å². The number of aromatic nitrogens is 1. The van der Waals surface area contributed by atoms with E-state index in [9.17, 15) is 4.79 Å². The smallest absolute Gasteiger partial charge is 0.251 e. The third-order valence-electron chi connectivity index (χ3n) is 4.10. The van der Waals surface area contributed by atoms with Gasteiger partial charge in [-0.15, -0.1) is 11.3 Å². The van der Waals surface area contributed by atoms with Gasteiger partial charge in [-0.1, -0.05) is 11.6 Å². The lowest BCUT2D eigenvalue weighted by atomic mass is 9.97. The summed E-state index contributed by atoms with van der Waals surface area (Å²) in [6.07, 6.45) is 8.23. The first-order valence-electron chi connectivity index (χ1n) is 8.37. The van der Waals surface area contributed by atoms with E-state index in [1.165, 1.54) is 31.3 Å². The van der Waals surface area contributed by atoms with Crippen LogP contribution in [0.25, 0.3) is 0 Å². The van der Waals surface area contributed by atoms with Crippen LogP contribution in [0.3, 0.4) is 0 Å². The average Bonchev–Trinajstić information content (AvgIpc) is 3.15. The molecule has 0 aliphatic heterocycles. The van der Waals surface area contributed by atoms with Gasteiger partial charge in [0.25, 0.3) is 5.91 Å². The zero-order chi connectivity index (χ0) is 16.6. The number of carbonyl (C=O) groups excluding carboxylic acids is 1. The number of carbonyl (C=O) groups is 1. The van der Waals surface area contributed by atoms with Crippen molar-refractivity contribution in [2.24, 2.45) is 0 Å². The molecule has 0 atom stereocenters. The van der Waals surface area contributed by atoms with Gasteiger partial charge in [-0.3, -0.25) is 4.79 Å². The summed E-state index contributed by atoms with van der Waals surface area (Å²) < 4.78 is 5.65. The van der Waals surface area contributed by atoms with Crippen molar-refractivity contribution in [3.63, 3.8) is 0 Å². The van der Waals surface area contributed by atoms with Crippen molar-refractivity contribution in [2.45, 2.75) is 38.7 Å². The van der Waals surface area contributed by atoms with E-state index in [1.807, 2.05) is 17.5 Å². The molecule has 0 radical (unpaired) electrons. The number of allylic oxidation sites excluding steroid dienone is 1. The summed E-state index contributed by atoms with van der Waals surface area (Å²) in [6.45, 7) is 1.15. The number of rotatable bonds is 7. The molecule has 0 unspecified atom stereocenters. The third-order valence-corrected chi connectivity index (χ3v) is 4.74. The zero-order valence-electron chi connectivity index (χ0n) is 13.7. The normalized spacial score (nSPS) is 14.1. The molecule has 0 spiro atoms. The molecular weight excluding hydrogens is 320 g/mol. The topological polar surface area (TPSA) is 51.2 Å². The Balaban J connectivity index is 1.44. The summed E-state index contributed by atoms with van der Waals surface area (Å²) in [5.41, 5.74) is 4.84. The van der Waals surface area contributed by atoms with Gasteiger partial charge >= 0.3 is 0 Å². The van der Waals surface area contributed by atoms with Crippen LogP contribution >= 0.6 is 11.3 Å². The first-order chi connectivity index (χ1) is 11.8. The number of hydrogen-bond donors (Lipinski definition) is 1.